The monoisotopic (exact) mass is 395 g/mol. The van der Waals surface area contributed by atoms with E-state index >= 15 is 0 Å². The Labute approximate surface area is 155 Å². The molecule has 2 aromatic carbocycles. The van der Waals surface area contributed by atoms with Crippen molar-refractivity contribution in [3.8, 4) is 0 Å². The number of methoxy groups -OCH3 is 1. The van der Waals surface area contributed by atoms with E-state index in [4.69, 9.17) is 4.74 Å². The summed E-state index contributed by atoms with van der Waals surface area (Å²) in [5.41, 5.74) is 4.70. The molecule has 0 atom stereocenters. The van der Waals surface area contributed by atoms with E-state index in [1.165, 1.54) is 43.5 Å². The summed E-state index contributed by atoms with van der Waals surface area (Å²) < 4.78 is 44.0. The van der Waals surface area contributed by atoms with Crippen molar-refractivity contribution in [3.05, 3.63) is 65.5 Å². The molecule has 2 aromatic rings. The molecule has 0 fully saturated rings. The molecular weight excluding hydrogens is 377 g/mol. The van der Waals surface area contributed by atoms with Crippen molar-refractivity contribution in [2.24, 2.45) is 0 Å². The molecule has 0 unspecified atom stereocenters. The maximum absolute atomic E-state index is 12.8. The molecule has 0 heterocycles. The Kier molecular flexibility index (Phi) is 6.99. The molecule has 2 rings (SSSR count). The molecule has 8 nitrogen and oxygen atoms in total. The Balaban J connectivity index is 1.95. The van der Waals surface area contributed by atoms with Crippen LogP contribution in [0.1, 0.15) is 20.7 Å². The third-order valence-corrected chi connectivity index (χ3v) is 4.90. The van der Waals surface area contributed by atoms with E-state index in [1.807, 2.05) is 0 Å². The van der Waals surface area contributed by atoms with E-state index in [0.29, 0.717) is 0 Å². The molecule has 0 aliphatic heterocycles. The third-order valence-electron chi connectivity index (χ3n) is 3.42. The van der Waals surface area contributed by atoms with Gasteiger partial charge in [0, 0.05) is 24.8 Å². The van der Waals surface area contributed by atoms with Crippen molar-refractivity contribution in [1.29, 1.82) is 0 Å². The Bertz CT molecular complexity index is 899. The fourth-order valence-electron chi connectivity index (χ4n) is 2.01. The maximum atomic E-state index is 12.8. The van der Waals surface area contributed by atoms with Crippen LogP contribution in [0, 0.1) is 5.82 Å². The highest BCUT2D eigenvalue weighted by atomic mass is 32.2. The minimum absolute atomic E-state index is 0.00880. The number of sulfonamides is 1. The van der Waals surface area contributed by atoms with E-state index in [0.717, 1.165) is 12.1 Å². The fourth-order valence-corrected chi connectivity index (χ4v) is 3.02. The molecule has 0 aromatic heterocycles. The van der Waals surface area contributed by atoms with Gasteiger partial charge in [0.2, 0.25) is 10.0 Å². The normalized spacial score (nSPS) is 11.0. The number of hydrogen-bond acceptors (Lipinski definition) is 5. The average molecular weight is 395 g/mol. The van der Waals surface area contributed by atoms with Crippen molar-refractivity contribution in [2.45, 2.75) is 4.90 Å². The summed E-state index contributed by atoms with van der Waals surface area (Å²) in [5.74, 6) is -1.74. The topological polar surface area (TPSA) is 114 Å². The number of rotatable bonds is 7. The summed E-state index contributed by atoms with van der Waals surface area (Å²) in [5, 5.41) is 0. The predicted molar refractivity (Wildman–Crippen MR) is 94.8 cm³/mol. The van der Waals surface area contributed by atoms with Gasteiger partial charge in [-0.1, -0.05) is 0 Å². The molecule has 3 N–H and O–H groups in total. The van der Waals surface area contributed by atoms with Crippen molar-refractivity contribution < 1.29 is 27.1 Å². The first kappa shape index (κ1) is 20.5. The lowest BCUT2D eigenvalue weighted by Gasteiger charge is -2.09. The van der Waals surface area contributed by atoms with Gasteiger partial charge in [0.25, 0.3) is 11.8 Å². The Morgan fingerprint density at radius 2 is 1.41 bits per heavy atom. The SMILES string of the molecule is COCCNS(=O)(=O)c1ccc(C(=O)NNC(=O)c2ccc(F)cc2)cc1. The average Bonchev–Trinajstić information content (AvgIpc) is 2.66. The van der Waals surface area contributed by atoms with Crippen molar-refractivity contribution in [2.75, 3.05) is 20.3 Å². The molecule has 0 radical (unpaired) electrons. The predicted octanol–water partition coefficient (Wildman–Crippen LogP) is 0.825. The summed E-state index contributed by atoms with van der Waals surface area (Å²) >= 11 is 0. The smallest absolute Gasteiger partial charge is 0.269 e. The van der Waals surface area contributed by atoms with E-state index in [9.17, 15) is 22.4 Å². The summed E-state index contributed by atoms with van der Waals surface area (Å²) in [4.78, 5) is 23.9. The van der Waals surface area contributed by atoms with Gasteiger partial charge in [-0.15, -0.1) is 0 Å². The lowest BCUT2D eigenvalue weighted by Crippen LogP contribution is -2.41. The second-order valence-corrected chi connectivity index (χ2v) is 7.10. The van der Waals surface area contributed by atoms with Gasteiger partial charge in [-0.3, -0.25) is 20.4 Å². The maximum Gasteiger partial charge on any atom is 0.269 e. The third kappa shape index (κ3) is 5.84. The fraction of sp³-hybridized carbons (Fsp3) is 0.176. The highest BCUT2D eigenvalue weighted by Crippen LogP contribution is 2.10. The van der Waals surface area contributed by atoms with Crippen molar-refractivity contribution in [3.63, 3.8) is 0 Å². The first-order valence-corrected chi connectivity index (χ1v) is 9.27. The zero-order valence-electron chi connectivity index (χ0n) is 14.4. The number of hydrogen-bond donors (Lipinski definition) is 3. The van der Waals surface area contributed by atoms with Gasteiger partial charge in [0.1, 0.15) is 5.82 Å². The number of hydrazine groups is 1. The summed E-state index contributed by atoms with van der Waals surface area (Å²) in [6.45, 7) is 0.351. The van der Waals surface area contributed by atoms with E-state index in [-0.39, 0.29) is 29.2 Å². The number of benzene rings is 2. The van der Waals surface area contributed by atoms with Crippen LogP contribution in [0.5, 0.6) is 0 Å². The lowest BCUT2D eigenvalue weighted by atomic mass is 10.2. The molecule has 27 heavy (non-hydrogen) atoms. The van der Waals surface area contributed by atoms with Gasteiger partial charge >= 0.3 is 0 Å². The van der Waals surface area contributed by atoms with Gasteiger partial charge in [-0.2, -0.15) is 0 Å². The van der Waals surface area contributed by atoms with Crippen LogP contribution in [0.2, 0.25) is 0 Å². The zero-order valence-corrected chi connectivity index (χ0v) is 15.2. The second kappa shape index (κ2) is 9.21. The van der Waals surface area contributed by atoms with E-state index in [1.54, 1.807) is 0 Å². The van der Waals surface area contributed by atoms with Crippen LogP contribution in [0.3, 0.4) is 0 Å². The highest BCUT2D eigenvalue weighted by molar-refractivity contribution is 7.89. The quantitative estimate of drug-likeness (QED) is 0.475. The number of ether oxygens (including phenoxy) is 1. The molecule has 0 bridgehead atoms. The molecule has 144 valence electrons. The highest BCUT2D eigenvalue weighted by Gasteiger charge is 2.15. The Hall–Kier alpha value is -2.82. The van der Waals surface area contributed by atoms with Crippen LogP contribution in [-0.2, 0) is 14.8 Å². The molecule has 0 saturated carbocycles. The van der Waals surface area contributed by atoms with Crippen LogP contribution in [0.4, 0.5) is 4.39 Å². The number of carbonyl (C=O) groups excluding carboxylic acids is 2. The van der Waals surface area contributed by atoms with E-state index in [2.05, 4.69) is 15.6 Å². The van der Waals surface area contributed by atoms with Gasteiger partial charge in [-0.25, -0.2) is 17.5 Å². The second-order valence-electron chi connectivity index (χ2n) is 5.33. The molecular formula is C17H18FN3O5S. The largest absolute Gasteiger partial charge is 0.383 e. The number of carbonyl (C=O) groups is 2. The van der Waals surface area contributed by atoms with Crippen molar-refractivity contribution in [1.82, 2.24) is 15.6 Å². The summed E-state index contributed by atoms with van der Waals surface area (Å²) in [7, 11) is -2.25. The van der Waals surface area contributed by atoms with Gasteiger partial charge in [-0.05, 0) is 48.5 Å². The Morgan fingerprint density at radius 3 is 1.89 bits per heavy atom. The van der Waals surface area contributed by atoms with Crippen LogP contribution >= 0.6 is 0 Å². The zero-order chi connectivity index (χ0) is 19.9. The van der Waals surface area contributed by atoms with Crippen LogP contribution in [0.15, 0.2) is 53.4 Å². The first-order chi connectivity index (χ1) is 12.8. The first-order valence-electron chi connectivity index (χ1n) is 7.78. The minimum atomic E-state index is -3.70. The molecule has 0 spiro atoms. The Morgan fingerprint density at radius 1 is 0.926 bits per heavy atom. The molecule has 0 saturated heterocycles. The van der Waals surface area contributed by atoms with Crippen LogP contribution in [0.25, 0.3) is 0 Å². The van der Waals surface area contributed by atoms with Gasteiger partial charge in [0.05, 0.1) is 11.5 Å². The van der Waals surface area contributed by atoms with Crippen LogP contribution < -0.4 is 15.6 Å². The number of halogens is 1. The van der Waals surface area contributed by atoms with Gasteiger partial charge in [0.15, 0.2) is 0 Å². The minimum Gasteiger partial charge on any atom is -0.383 e. The number of nitrogens with one attached hydrogen (secondary N) is 3. The van der Waals surface area contributed by atoms with Gasteiger partial charge < -0.3 is 4.74 Å². The van der Waals surface area contributed by atoms with Crippen molar-refractivity contribution >= 4 is 21.8 Å². The number of amides is 2. The molecule has 10 heteroatoms. The molecule has 0 aliphatic rings. The standard InChI is InChI=1S/C17H18FN3O5S/c1-26-11-10-19-27(24,25)15-8-4-13(5-9-15)17(23)21-20-16(22)12-2-6-14(18)7-3-12/h2-9,19H,10-11H2,1H3,(H,20,22)(H,21,23). The molecule has 2 amide bonds. The van der Waals surface area contributed by atoms with E-state index < -0.39 is 27.7 Å². The summed E-state index contributed by atoms with van der Waals surface area (Å²) in [6.07, 6.45) is 0. The van der Waals surface area contributed by atoms with Crippen LogP contribution in [-0.4, -0.2) is 40.5 Å². The molecule has 0 aliphatic carbocycles. The lowest BCUT2D eigenvalue weighted by molar-refractivity contribution is 0.0846. The summed E-state index contributed by atoms with van der Waals surface area (Å²) in [6, 6.07) is 9.94.